The predicted molar refractivity (Wildman–Crippen MR) is 83.5 cm³/mol. The second-order valence-corrected chi connectivity index (χ2v) is 5.09. The van der Waals surface area contributed by atoms with Gasteiger partial charge in [-0.25, -0.2) is 4.79 Å². The van der Waals surface area contributed by atoms with Crippen molar-refractivity contribution in [3.63, 3.8) is 0 Å². The summed E-state index contributed by atoms with van der Waals surface area (Å²) in [4.78, 5) is 11.6. The van der Waals surface area contributed by atoms with Crippen molar-refractivity contribution in [2.24, 2.45) is 0 Å². The first-order valence-electron chi connectivity index (χ1n) is 6.67. The van der Waals surface area contributed by atoms with E-state index >= 15 is 0 Å². The number of carbonyl (C=O) groups is 1. The van der Waals surface area contributed by atoms with Crippen molar-refractivity contribution in [1.82, 2.24) is 10.6 Å². The Bertz CT molecular complexity index is 599. The van der Waals surface area contributed by atoms with Crippen LogP contribution in [0, 0.1) is 0 Å². The van der Waals surface area contributed by atoms with E-state index in [0.29, 0.717) is 24.5 Å². The number of phenols is 1. The lowest BCUT2D eigenvalue weighted by Gasteiger charge is -2.08. The highest BCUT2D eigenvalue weighted by molar-refractivity contribution is 6.30. The Balaban J connectivity index is 1.69. The first kappa shape index (κ1) is 15.2. The molecule has 110 valence electrons. The average Bonchev–Trinajstić information content (AvgIpc) is 2.47. The van der Waals surface area contributed by atoms with Gasteiger partial charge in [-0.2, -0.15) is 0 Å². The molecule has 3 N–H and O–H groups in total. The van der Waals surface area contributed by atoms with Crippen LogP contribution in [0.1, 0.15) is 11.1 Å². The van der Waals surface area contributed by atoms with Gasteiger partial charge in [-0.1, -0.05) is 35.9 Å². The molecule has 2 rings (SSSR count). The van der Waals surface area contributed by atoms with Gasteiger partial charge in [0, 0.05) is 18.1 Å². The Kier molecular flexibility index (Phi) is 5.46. The minimum absolute atomic E-state index is 0.217. The maximum atomic E-state index is 11.6. The number of benzene rings is 2. The summed E-state index contributed by atoms with van der Waals surface area (Å²) in [6.07, 6.45) is 0.669. The van der Waals surface area contributed by atoms with Gasteiger partial charge < -0.3 is 15.7 Å². The number of rotatable bonds is 5. The Morgan fingerprint density at radius 1 is 1.05 bits per heavy atom. The lowest BCUT2D eigenvalue weighted by Crippen LogP contribution is -2.36. The van der Waals surface area contributed by atoms with Gasteiger partial charge >= 0.3 is 6.03 Å². The summed E-state index contributed by atoms with van der Waals surface area (Å²) in [5.41, 5.74) is 1.97. The van der Waals surface area contributed by atoms with Crippen LogP contribution in [0.15, 0.2) is 48.5 Å². The molecule has 5 heteroatoms. The SMILES string of the molecule is O=C(NCCc1cccc(O)c1)NCc1ccc(Cl)cc1. The fraction of sp³-hybridized carbons (Fsp3) is 0.188. The molecule has 0 atom stereocenters. The third-order valence-corrected chi connectivity index (χ3v) is 3.23. The number of hydrogen-bond donors (Lipinski definition) is 3. The molecule has 0 saturated carbocycles. The average molecular weight is 305 g/mol. The molecule has 21 heavy (non-hydrogen) atoms. The largest absolute Gasteiger partial charge is 0.508 e. The molecule has 0 unspecified atom stereocenters. The van der Waals surface area contributed by atoms with Crippen molar-refractivity contribution in [3.8, 4) is 5.75 Å². The van der Waals surface area contributed by atoms with Gasteiger partial charge in [-0.15, -0.1) is 0 Å². The van der Waals surface area contributed by atoms with Gasteiger partial charge in [0.15, 0.2) is 0 Å². The van der Waals surface area contributed by atoms with Crippen LogP contribution < -0.4 is 10.6 Å². The van der Waals surface area contributed by atoms with Gasteiger partial charge in [0.1, 0.15) is 5.75 Å². The van der Waals surface area contributed by atoms with E-state index in [-0.39, 0.29) is 11.8 Å². The first-order chi connectivity index (χ1) is 10.1. The van der Waals surface area contributed by atoms with Crippen LogP contribution in [0.2, 0.25) is 5.02 Å². The molecule has 0 aliphatic heterocycles. The highest BCUT2D eigenvalue weighted by Crippen LogP contribution is 2.11. The van der Waals surface area contributed by atoms with Crippen LogP contribution in [0.3, 0.4) is 0 Å². The summed E-state index contributed by atoms with van der Waals surface area (Å²) in [5, 5.41) is 15.6. The van der Waals surface area contributed by atoms with E-state index in [1.807, 2.05) is 18.2 Å². The van der Waals surface area contributed by atoms with Crippen molar-refractivity contribution in [3.05, 3.63) is 64.7 Å². The highest BCUT2D eigenvalue weighted by atomic mass is 35.5. The summed E-state index contributed by atoms with van der Waals surface area (Å²) in [5.74, 6) is 0.236. The third kappa shape index (κ3) is 5.36. The van der Waals surface area contributed by atoms with Crippen molar-refractivity contribution < 1.29 is 9.90 Å². The molecule has 2 amide bonds. The number of nitrogens with one attached hydrogen (secondary N) is 2. The van der Waals surface area contributed by atoms with E-state index in [1.165, 1.54) is 0 Å². The summed E-state index contributed by atoms with van der Waals surface area (Å²) in [6, 6.07) is 14.1. The summed E-state index contributed by atoms with van der Waals surface area (Å²) >= 11 is 5.79. The van der Waals surface area contributed by atoms with Crippen molar-refractivity contribution in [1.29, 1.82) is 0 Å². The molecule has 0 bridgehead atoms. The maximum absolute atomic E-state index is 11.6. The number of amides is 2. The van der Waals surface area contributed by atoms with Gasteiger partial charge in [-0.3, -0.25) is 0 Å². The zero-order chi connectivity index (χ0) is 15.1. The van der Waals surface area contributed by atoms with Gasteiger partial charge in [0.2, 0.25) is 0 Å². The topological polar surface area (TPSA) is 61.4 Å². The number of hydrogen-bond acceptors (Lipinski definition) is 2. The molecule has 0 radical (unpaired) electrons. The summed E-state index contributed by atoms with van der Waals surface area (Å²) in [7, 11) is 0. The molecule has 0 saturated heterocycles. The summed E-state index contributed by atoms with van der Waals surface area (Å²) < 4.78 is 0. The zero-order valence-electron chi connectivity index (χ0n) is 11.5. The van der Waals surface area contributed by atoms with Crippen LogP contribution in [0.25, 0.3) is 0 Å². The Morgan fingerprint density at radius 2 is 1.81 bits per heavy atom. The van der Waals surface area contributed by atoms with E-state index in [4.69, 9.17) is 11.6 Å². The molecular weight excluding hydrogens is 288 g/mol. The molecule has 0 aliphatic rings. The van der Waals surface area contributed by atoms with Crippen molar-refractivity contribution in [2.75, 3.05) is 6.54 Å². The fourth-order valence-corrected chi connectivity index (χ4v) is 2.01. The number of urea groups is 1. The molecule has 0 spiro atoms. The molecule has 0 fully saturated rings. The highest BCUT2D eigenvalue weighted by Gasteiger charge is 2.01. The number of carbonyl (C=O) groups excluding carboxylic acids is 1. The lowest BCUT2D eigenvalue weighted by atomic mass is 10.1. The minimum atomic E-state index is -0.217. The van der Waals surface area contributed by atoms with E-state index in [9.17, 15) is 9.90 Å². The van der Waals surface area contributed by atoms with E-state index in [0.717, 1.165) is 11.1 Å². The molecular formula is C16H17ClN2O2. The van der Waals surface area contributed by atoms with E-state index < -0.39 is 0 Å². The number of halogens is 1. The number of aromatic hydroxyl groups is 1. The van der Waals surface area contributed by atoms with Crippen LogP contribution in [0.5, 0.6) is 5.75 Å². The van der Waals surface area contributed by atoms with Crippen LogP contribution in [-0.4, -0.2) is 17.7 Å². The van der Waals surface area contributed by atoms with Gasteiger partial charge in [0.25, 0.3) is 0 Å². The summed E-state index contributed by atoms with van der Waals surface area (Å²) in [6.45, 7) is 0.963. The third-order valence-electron chi connectivity index (χ3n) is 2.98. The van der Waals surface area contributed by atoms with Crippen LogP contribution >= 0.6 is 11.6 Å². The first-order valence-corrected chi connectivity index (χ1v) is 7.05. The fourth-order valence-electron chi connectivity index (χ4n) is 1.88. The Morgan fingerprint density at radius 3 is 2.52 bits per heavy atom. The molecule has 4 nitrogen and oxygen atoms in total. The maximum Gasteiger partial charge on any atom is 0.315 e. The predicted octanol–water partition coefficient (Wildman–Crippen LogP) is 3.09. The minimum Gasteiger partial charge on any atom is -0.508 e. The second-order valence-electron chi connectivity index (χ2n) is 4.66. The van der Waals surface area contributed by atoms with Gasteiger partial charge in [-0.05, 0) is 41.8 Å². The standard InChI is InChI=1S/C16H17ClN2O2/c17-14-6-4-13(5-7-14)11-19-16(21)18-9-8-12-2-1-3-15(20)10-12/h1-7,10,20H,8-9,11H2,(H2,18,19,21). The second kappa shape index (κ2) is 7.55. The molecule has 2 aromatic rings. The molecule has 0 heterocycles. The lowest BCUT2D eigenvalue weighted by molar-refractivity contribution is 0.240. The normalized spacial score (nSPS) is 10.1. The van der Waals surface area contributed by atoms with E-state index in [2.05, 4.69) is 10.6 Å². The number of phenolic OH excluding ortho intramolecular Hbond substituents is 1. The van der Waals surface area contributed by atoms with Crippen molar-refractivity contribution >= 4 is 17.6 Å². The molecule has 2 aromatic carbocycles. The molecule has 0 aliphatic carbocycles. The zero-order valence-corrected chi connectivity index (χ0v) is 12.2. The molecule has 0 aromatic heterocycles. The van der Waals surface area contributed by atoms with Gasteiger partial charge in [0.05, 0.1) is 0 Å². The Labute approximate surface area is 128 Å². The van der Waals surface area contributed by atoms with Crippen LogP contribution in [0.4, 0.5) is 4.79 Å². The quantitative estimate of drug-likeness (QED) is 0.795. The monoisotopic (exact) mass is 304 g/mol. The van der Waals surface area contributed by atoms with E-state index in [1.54, 1.807) is 30.3 Å². The van der Waals surface area contributed by atoms with Crippen molar-refractivity contribution in [2.45, 2.75) is 13.0 Å². The smallest absolute Gasteiger partial charge is 0.315 e. The Hall–Kier alpha value is -2.20. The van der Waals surface area contributed by atoms with Crippen LogP contribution in [-0.2, 0) is 13.0 Å².